The van der Waals surface area contributed by atoms with E-state index in [0.717, 1.165) is 48.0 Å². The van der Waals surface area contributed by atoms with E-state index in [9.17, 15) is 4.79 Å². The van der Waals surface area contributed by atoms with Crippen molar-refractivity contribution in [1.82, 2.24) is 16.0 Å². The molecule has 0 aromatic heterocycles. The number of nitrogens with one attached hydrogen (secondary N) is 3. The van der Waals surface area contributed by atoms with E-state index in [-0.39, 0.29) is 29.9 Å². The number of carbonyl (C=O) groups excluding carboxylic acids is 1. The molecule has 1 amide bonds. The summed E-state index contributed by atoms with van der Waals surface area (Å²) in [5.74, 6) is 1.76. The molecular weight excluding hydrogens is 505 g/mol. The zero-order valence-corrected chi connectivity index (χ0v) is 20.7. The van der Waals surface area contributed by atoms with Gasteiger partial charge in [-0.2, -0.15) is 0 Å². The van der Waals surface area contributed by atoms with E-state index in [4.69, 9.17) is 4.74 Å². The number of benzene rings is 2. The van der Waals surface area contributed by atoms with Crippen molar-refractivity contribution in [2.24, 2.45) is 4.99 Å². The van der Waals surface area contributed by atoms with Gasteiger partial charge in [0.1, 0.15) is 5.75 Å². The van der Waals surface area contributed by atoms with Crippen molar-refractivity contribution in [2.45, 2.75) is 19.9 Å². The summed E-state index contributed by atoms with van der Waals surface area (Å²) in [6.07, 6.45) is 0.884. The van der Waals surface area contributed by atoms with Gasteiger partial charge in [-0.1, -0.05) is 24.3 Å². The lowest BCUT2D eigenvalue weighted by molar-refractivity contribution is -0.120. The number of carbonyl (C=O) groups is 1. The third-order valence-corrected chi connectivity index (χ3v) is 5.20. The van der Waals surface area contributed by atoms with Gasteiger partial charge in [-0.25, -0.2) is 0 Å². The Bertz CT molecular complexity index is 886. The molecule has 1 aliphatic rings. The molecule has 8 heteroatoms. The number of guanidine groups is 1. The Morgan fingerprint density at radius 1 is 1.16 bits per heavy atom. The molecule has 0 bridgehead atoms. The number of piperazine rings is 1. The van der Waals surface area contributed by atoms with Gasteiger partial charge in [0.15, 0.2) is 5.96 Å². The second kappa shape index (κ2) is 12.4. The van der Waals surface area contributed by atoms with Crippen LogP contribution in [-0.2, 0) is 17.8 Å². The topological polar surface area (TPSA) is 78.0 Å². The van der Waals surface area contributed by atoms with Gasteiger partial charge in [0, 0.05) is 38.9 Å². The summed E-state index contributed by atoms with van der Waals surface area (Å²) < 4.78 is 5.39. The zero-order valence-electron chi connectivity index (χ0n) is 18.4. The maximum atomic E-state index is 11.6. The first-order valence-corrected chi connectivity index (χ1v) is 10.3. The van der Waals surface area contributed by atoms with Crippen molar-refractivity contribution >= 4 is 41.5 Å². The smallest absolute Gasteiger partial charge is 0.239 e. The average molecular weight is 537 g/mol. The fraction of sp³-hybridized carbons (Fsp3) is 0.391. The van der Waals surface area contributed by atoms with Crippen molar-refractivity contribution < 1.29 is 9.53 Å². The van der Waals surface area contributed by atoms with Gasteiger partial charge in [0.05, 0.1) is 13.7 Å². The lowest BCUT2D eigenvalue weighted by Crippen LogP contribution is -2.47. The minimum absolute atomic E-state index is 0. The fourth-order valence-corrected chi connectivity index (χ4v) is 3.44. The molecular formula is C23H32IN5O2. The summed E-state index contributed by atoms with van der Waals surface area (Å²) in [7, 11) is 3.47. The molecule has 0 aliphatic carbocycles. The number of aliphatic imine (C=N–C) groups is 1. The van der Waals surface area contributed by atoms with E-state index in [0.29, 0.717) is 19.6 Å². The molecule has 1 saturated heterocycles. The summed E-state index contributed by atoms with van der Waals surface area (Å²) >= 11 is 0. The van der Waals surface area contributed by atoms with Crippen molar-refractivity contribution in [3.05, 3.63) is 59.2 Å². The maximum absolute atomic E-state index is 11.6. The van der Waals surface area contributed by atoms with Gasteiger partial charge in [-0.05, 0) is 48.2 Å². The number of aryl methyl sites for hydroxylation is 1. The number of hydrogen-bond acceptors (Lipinski definition) is 4. The summed E-state index contributed by atoms with van der Waals surface area (Å²) in [6.45, 7) is 5.45. The molecule has 0 atom stereocenters. The van der Waals surface area contributed by atoms with Crippen molar-refractivity contribution in [1.29, 1.82) is 0 Å². The number of methoxy groups -OCH3 is 1. The Balaban J connectivity index is 0.00000341. The highest BCUT2D eigenvalue weighted by molar-refractivity contribution is 14.0. The van der Waals surface area contributed by atoms with E-state index >= 15 is 0 Å². The van der Waals surface area contributed by atoms with E-state index in [1.807, 2.05) is 6.92 Å². The van der Waals surface area contributed by atoms with Crippen LogP contribution in [0.1, 0.15) is 16.7 Å². The highest BCUT2D eigenvalue weighted by Gasteiger charge is 2.16. The number of hydrogen-bond donors (Lipinski definition) is 3. The van der Waals surface area contributed by atoms with Crippen LogP contribution in [0.4, 0.5) is 5.69 Å². The summed E-state index contributed by atoms with van der Waals surface area (Å²) in [5, 5.41) is 9.55. The van der Waals surface area contributed by atoms with Crippen LogP contribution in [0.25, 0.3) is 0 Å². The SMILES string of the molecule is CN=C(NCCc1ccc(C)c(OC)c1)NCc1ccc(N2CCNC(=O)C2)cc1.I. The lowest BCUT2D eigenvalue weighted by Gasteiger charge is -2.28. The first-order valence-electron chi connectivity index (χ1n) is 10.3. The van der Waals surface area contributed by atoms with E-state index in [1.165, 1.54) is 5.56 Å². The molecule has 3 rings (SSSR count). The Morgan fingerprint density at radius 2 is 1.90 bits per heavy atom. The van der Waals surface area contributed by atoms with Gasteiger partial charge < -0.3 is 25.6 Å². The second-order valence-corrected chi connectivity index (χ2v) is 7.34. The predicted octanol–water partition coefficient (Wildman–Crippen LogP) is 2.47. The summed E-state index contributed by atoms with van der Waals surface area (Å²) in [6, 6.07) is 14.6. The van der Waals surface area contributed by atoms with Gasteiger partial charge >= 0.3 is 0 Å². The quantitative estimate of drug-likeness (QED) is 0.288. The average Bonchev–Trinajstić information content (AvgIpc) is 2.77. The molecule has 0 spiro atoms. The number of rotatable bonds is 7. The first-order chi connectivity index (χ1) is 14.6. The number of anilines is 1. The highest BCUT2D eigenvalue weighted by Crippen LogP contribution is 2.19. The molecule has 1 heterocycles. The van der Waals surface area contributed by atoms with E-state index in [1.54, 1.807) is 14.2 Å². The predicted molar refractivity (Wildman–Crippen MR) is 137 cm³/mol. The Kier molecular flexibility index (Phi) is 9.90. The highest BCUT2D eigenvalue weighted by atomic mass is 127. The van der Waals surface area contributed by atoms with Crippen molar-refractivity contribution in [2.75, 3.05) is 45.2 Å². The summed E-state index contributed by atoms with van der Waals surface area (Å²) in [4.78, 5) is 18.0. The molecule has 7 nitrogen and oxygen atoms in total. The van der Waals surface area contributed by atoms with Gasteiger partial charge in [0.25, 0.3) is 0 Å². The van der Waals surface area contributed by atoms with E-state index in [2.05, 4.69) is 68.3 Å². The standard InChI is InChI=1S/C23H31N5O2.HI/c1-17-4-5-18(14-21(17)30-3)10-11-26-23(24-2)27-15-19-6-8-20(9-7-19)28-13-12-25-22(29)16-28;/h4-9,14H,10-13,15-16H2,1-3H3,(H,25,29)(H2,24,26,27);1H. The Morgan fingerprint density at radius 3 is 2.58 bits per heavy atom. The number of amides is 1. The third-order valence-electron chi connectivity index (χ3n) is 5.20. The van der Waals surface area contributed by atoms with Crippen molar-refractivity contribution in [3.8, 4) is 5.75 Å². The van der Waals surface area contributed by atoms with Gasteiger partial charge in [-0.15, -0.1) is 24.0 Å². The normalized spacial score (nSPS) is 13.8. The number of nitrogens with zero attached hydrogens (tertiary/aromatic N) is 2. The molecule has 0 unspecified atom stereocenters. The number of ether oxygens (including phenoxy) is 1. The molecule has 168 valence electrons. The molecule has 3 N–H and O–H groups in total. The lowest BCUT2D eigenvalue weighted by atomic mass is 10.1. The zero-order chi connectivity index (χ0) is 21.3. The first kappa shape index (κ1) is 24.8. The van der Waals surface area contributed by atoms with Crippen LogP contribution in [0, 0.1) is 6.92 Å². The molecule has 2 aromatic rings. The Hall–Kier alpha value is -2.49. The molecule has 1 aliphatic heterocycles. The number of halogens is 1. The van der Waals surface area contributed by atoms with Crippen LogP contribution in [-0.4, -0.2) is 52.2 Å². The van der Waals surface area contributed by atoms with Gasteiger partial charge in [0.2, 0.25) is 5.91 Å². The molecule has 31 heavy (non-hydrogen) atoms. The Labute approximate surface area is 201 Å². The maximum Gasteiger partial charge on any atom is 0.239 e. The fourth-order valence-electron chi connectivity index (χ4n) is 3.44. The van der Waals surface area contributed by atoms with Crippen LogP contribution >= 0.6 is 24.0 Å². The molecule has 2 aromatic carbocycles. The molecule has 0 radical (unpaired) electrons. The van der Waals surface area contributed by atoms with Crippen molar-refractivity contribution in [3.63, 3.8) is 0 Å². The second-order valence-electron chi connectivity index (χ2n) is 7.34. The van der Waals surface area contributed by atoms with E-state index < -0.39 is 0 Å². The van der Waals surface area contributed by atoms with Crippen LogP contribution in [0.2, 0.25) is 0 Å². The van der Waals surface area contributed by atoms with Crippen LogP contribution < -0.4 is 25.6 Å². The third kappa shape index (κ3) is 7.30. The minimum Gasteiger partial charge on any atom is -0.496 e. The van der Waals surface area contributed by atoms with Gasteiger partial charge in [-0.3, -0.25) is 9.79 Å². The molecule has 1 fully saturated rings. The summed E-state index contributed by atoms with van der Waals surface area (Å²) in [5.41, 5.74) is 4.60. The minimum atomic E-state index is 0. The van der Waals surface area contributed by atoms with Crippen LogP contribution in [0.15, 0.2) is 47.5 Å². The largest absolute Gasteiger partial charge is 0.496 e. The van der Waals surface area contributed by atoms with Crippen LogP contribution in [0.5, 0.6) is 5.75 Å². The monoisotopic (exact) mass is 537 g/mol. The van der Waals surface area contributed by atoms with Crippen LogP contribution in [0.3, 0.4) is 0 Å². The molecule has 0 saturated carbocycles.